The first-order valence-corrected chi connectivity index (χ1v) is 10.7. The van der Waals surface area contributed by atoms with Crippen LogP contribution in [0.2, 0.25) is 0 Å². The van der Waals surface area contributed by atoms with Crippen molar-refractivity contribution < 1.29 is 23.1 Å². The number of nitrogens with one attached hydrogen (secondary N) is 2. The van der Waals surface area contributed by atoms with Gasteiger partial charge >= 0.3 is 12.1 Å². The number of rotatable bonds is 4. The molecule has 0 fully saturated rings. The summed E-state index contributed by atoms with van der Waals surface area (Å²) in [6.07, 6.45) is -1.47. The minimum Gasteiger partial charge on any atom is -0.475 e. The molecule has 0 aliphatic rings. The zero-order valence-corrected chi connectivity index (χ0v) is 19.3. The van der Waals surface area contributed by atoms with E-state index in [-0.39, 0.29) is 0 Å². The molecule has 0 spiro atoms. The first-order chi connectivity index (χ1) is 15.1. The predicted molar refractivity (Wildman–Crippen MR) is 121 cm³/mol. The van der Waals surface area contributed by atoms with Crippen LogP contribution >= 0.6 is 31.9 Å². The van der Waals surface area contributed by atoms with Gasteiger partial charge < -0.3 is 20.8 Å². The van der Waals surface area contributed by atoms with Gasteiger partial charge in [-0.3, -0.25) is 4.98 Å². The molecule has 0 unspecified atom stereocenters. The summed E-state index contributed by atoms with van der Waals surface area (Å²) in [5.74, 6) is -2.37. The Balaban J connectivity index is 0.000000360. The Kier molecular flexibility index (Phi) is 7.24. The van der Waals surface area contributed by atoms with Crippen molar-refractivity contribution in [2.45, 2.75) is 19.0 Å². The van der Waals surface area contributed by atoms with Crippen LogP contribution < -0.4 is 5.73 Å². The average Bonchev–Trinajstić information content (AvgIpc) is 3.25. The molecule has 5 N–H and O–H groups in total. The van der Waals surface area contributed by atoms with E-state index in [1.807, 2.05) is 12.1 Å². The highest BCUT2D eigenvalue weighted by molar-refractivity contribution is 9.11. The number of carboxylic acids is 1. The monoisotopic (exact) mass is 573 g/mol. The van der Waals surface area contributed by atoms with Crippen molar-refractivity contribution in [3.8, 4) is 11.4 Å². The molecule has 1 aromatic carbocycles. The molecule has 0 aliphatic carbocycles. The number of nitrogens with zero attached hydrogens (tertiary/aromatic N) is 2. The lowest BCUT2D eigenvalue weighted by Gasteiger charge is -2.03. The molecular formula is C20H16Br2F3N5O2. The van der Waals surface area contributed by atoms with Gasteiger partial charge in [-0.1, -0.05) is 30.3 Å². The number of alkyl halides is 3. The van der Waals surface area contributed by atoms with Crippen molar-refractivity contribution in [2.24, 2.45) is 0 Å². The van der Waals surface area contributed by atoms with Gasteiger partial charge in [0.25, 0.3) is 0 Å². The number of halogens is 5. The zero-order valence-electron chi connectivity index (χ0n) is 16.2. The van der Waals surface area contributed by atoms with E-state index in [0.717, 1.165) is 44.3 Å². The Morgan fingerprint density at radius 3 is 2.38 bits per heavy atom. The summed E-state index contributed by atoms with van der Waals surface area (Å²) in [4.78, 5) is 24.2. The molecule has 0 saturated heterocycles. The van der Waals surface area contributed by atoms with Crippen LogP contribution in [0.4, 0.5) is 19.1 Å². The molecule has 3 aromatic heterocycles. The van der Waals surface area contributed by atoms with Gasteiger partial charge in [-0.05, 0) is 61.9 Å². The van der Waals surface area contributed by atoms with E-state index in [2.05, 4.69) is 76.1 Å². The Hall–Kier alpha value is -2.86. The smallest absolute Gasteiger partial charge is 0.475 e. The minimum atomic E-state index is -5.08. The summed E-state index contributed by atoms with van der Waals surface area (Å²) in [6, 6.07) is 12.3. The molecular weight excluding hydrogens is 559 g/mol. The quantitative estimate of drug-likeness (QED) is 0.257. The van der Waals surface area contributed by atoms with Crippen LogP contribution in [0.1, 0.15) is 11.1 Å². The second kappa shape index (κ2) is 9.74. The third kappa shape index (κ3) is 5.49. The molecule has 0 bridgehead atoms. The summed E-state index contributed by atoms with van der Waals surface area (Å²) in [6.45, 7) is 0. The van der Waals surface area contributed by atoms with E-state index in [1.54, 1.807) is 6.20 Å². The Bertz CT molecular complexity index is 1240. The number of aryl methyl sites for hydroxylation is 1. The molecule has 7 nitrogen and oxygen atoms in total. The van der Waals surface area contributed by atoms with Crippen LogP contribution in [-0.4, -0.2) is 37.2 Å². The van der Waals surface area contributed by atoms with Gasteiger partial charge in [0, 0.05) is 10.7 Å². The SMILES string of the molecule is Nc1nc2c(-c3[nH]c(Br)c(CCc4ccccc4)c3Br)nccc2[nH]1.O=C(O)C(F)(F)F. The number of aliphatic carboxylic acids is 1. The maximum Gasteiger partial charge on any atom is 0.490 e. The van der Waals surface area contributed by atoms with Gasteiger partial charge in [0.2, 0.25) is 0 Å². The first-order valence-electron chi connectivity index (χ1n) is 9.08. The van der Waals surface area contributed by atoms with Gasteiger partial charge in [-0.2, -0.15) is 13.2 Å². The van der Waals surface area contributed by atoms with Crippen molar-refractivity contribution in [3.63, 3.8) is 0 Å². The number of pyridine rings is 1. The van der Waals surface area contributed by atoms with Crippen LogP contribution in [0.25, 0.3) is 22.4 Å². The van der Waals surface area contributed by atoms with Crippen molar-refractivity contribution in [1.82, 2.24) is 19.9 Å². The maximum absolute atomic E-state index is 10.6. The lowest BCUT2D eigenvalue weighted by molar-refractivity contribution is -0.192. The second-order valence-electron chi connectivity index (χ2n) is 6.57. The number of hydrogen-bond donors (Lipinski definition) is 4. The number of nitrogens with two attached hydrogens (primary N) is 1. The highest BCUT2D eigenvalue weighted by Crippen LogP contribution is 2.37. The summed E-state index contributed by atoms with van der Waals surface area (Å²) >= 11 is 7.38. The number of aromatic nitrogens is 4. The lowest BCUT2D eigenvalue weighted by atomic mass is 10.1. The summed E-state index contributed by atoms with van der Waals surface area (Å²) < 4.78 is 33.7. The molecule has 0 radical (unpaired) electrons. The van der Waals surface area contributed by atoms with Crippen LogP contribution in [0.3, 0.4) is 0 Å². The molecule has 0 atom stereocenters. The fourth-order valence-electron chi connectivity index (χ4n) is 2.92. The number of fused-ring (bicyclic) bond motifs is 1. The van der Waals surface area contributed by atoms with E-state index in [9.17, 15) is 13.2 Å². The van der Waals surface area contributed by atoms with E-state index >= 15 is 0 Å². The zero-order chi connectivity index (χ0) is 23.5. The third-order valence-electron chi connectivity index (χ3n) is 4.39. The molecule has 0 saturated carbocycles. The Morgan fingerprint density at radius 1 is 1.09 bits per heavy atom. The summed E-state index contributed by atoms with van der Waals surface area (Å²) in [7, 11) is 0. The number of benzene rings is 1. The maximum atomic E-state index is 10.6. The van der Waals surface area contributed by atoms with Crippen LogP contribution in [0, 0.1) is 0 Å². The Morgan fingerprint density at radius 2 is 1.75 bits per heavy atom. The first kappa shape index (κ1) is 23.8. The largest absolute Gasteiger partial charge is 0.490 e. The molecule has 12 heteroatoms. The van der Waals surface area contributed by atoms with Crippen molar-refractivity contribution >= 4 is 54.8 Å². The minimum absolute atomic E-state index is 0.385. The standard InChI is InChI=1S/C18H15Br2N5.C2HF3O2/c19-13-11(7-6-10-4-2-1-3-5-10)17(20)24-15(13)16-14-12(8-9-22-16)23-18(21)25-14;3-2(4,5)1(6)7/h1-5,8-9,24H,6-7H2,(H3,21,23,25);(H,6,7). The second-order valence-corrected chi connectivity index (χ2v) is 8.16. The van der Waals surface area contributed by atoms with E-state index in [1.165, 1.54) is 11.1 Å². The number of carbonyl (C=O) groups is 1. The highest BCUT2D eigenvalue weighted by atomic mass is 79.9. The van der Waals surface area contributed by atoms with Gasteiger partial charge in [-0.15, -0.1) is 0 Å². The number of carboxylic acid groups (broad SMARTS) is 1. The fourth-order valence-corrected chi connectivity index (χ4v) is 4.47. The number of nitrogen functional groups attached to an aromatic ring is 1. The molecule has 4 aromatic rings. The normalized spacial score (nSPS) is 11.3. The van der Waals surface area contributed by atoms with Crippen molar-refractivity contribution in [2.75, 3.05) is 5.73 Å². The highest BCUT2D eigenvalue weighted by Gasteiger charge is 2.38. The average molecular weight is 575 g/mol. The molecule has 3 heterocycles. The molecule has 168 valence electrons. The number of anilines is 1. The number of aromatic amines is 2. The fraction of sp³-hybridized carbons (Fsp3) is 0.150. The van der Waals surface area contributed by atoms with E-state index in [0.29, 0.717) is 5.95 Å². The van der Waals surface area contributed by atoms with Crippen LogP contribution in [-0.2, 0) is 17.6 Å². The van der Waals surface area contributed by atoms with Gasteiger partial charge in [0.1, 0.15) is 11.2 Å². The van der Waals surface area contributed by atoms with Crippen LogP contribution in [0.15, 0.2) is 51.7 Å². The van der Waals surface area contributed by atoms with Gasteiger partial charge in [-0.25, -0.2) is 9.78 Å². The van der Waals surface area contributed by atoms with Crippen LogP contribution in [0.5, 0.6) is 0 Å². The Labute approximate surface area is 196 Å². The molecule has 32 heavy (non-hydrogen) atoms. The summed E-state index contributed by atoms with van der Waals surface area (Å²) in [5, 5.41) is 7.12. The molecule has 0 amide bonds. The van der Waals surface area contributed by atoms with E-state index in [4.69, 9.17) is 15.6 Å². The van der Waals surface area contributed by atoms with E-state index < -0.39 is 12.1 Å². The number of H-pyrrole nitrogens is 2. The third-order valence-corrected chi connectivity index (χ3v) is 5.94. The lowest BCUT2D eigenvalue weighted by Crippen LogP contribution is -2.21. The van der Waals surface area contributed by atoms with Gasteiger partial charge in [0.05, 0.1) is 15.8 Å². The molecule has 0 aliphatic heterocycles. The van der Waals surface area contributed by atoms with Crippen molar-refractivity contribution in [3.05, 3.63) is 62.8 Å². The predicted octanol–water partition coefficient (Wildman–Crippen LogP) is 5.48. The molecule has 4 rings (SSSR count). The van der Waals surface area contributed by atoms with Gasteiger partial charge in [0.15, 0.2) is 5.95 Å². The number of hydrogen-bond acceptors (Lipinski definition) is 4. The summed E-state index contributed by atoms with van der Waals surface area (Å²) in [5.41, 5.74) is 11.6. The van der Waals surface area contributed by atoms with Crippen molar-refractivity contribution in [1.29, 1.82) is 0 Å². The number of imidazole rings is 1. The topological polar surface area (TPSA) is 121 Å².